The van der Waals surface area contributed by atoms with Crippen LogP contribution in [0.5, 0.6) is 5.75 Å². The van der Waals surface area contributed by atoms with E-state index in [2.05, 4.69) is 4.99 Å². The zero-order chi connectivity index (χ0) is 14.1. The van der Waals surface area contributed by atoms with Crippen LogP contribution in [-0.2, 0) is 17.0 Å². The van der Waals surface area contributed by atoms with Crippen molar-refractivity contribution in [2.45, 2.75) is 45.1 Å². The van der Waals surface area contributed by atoms with Gasteiger partial charge < -0.3 is 5.11 Å². The third kappa shape index (κ3) is 6.31. The average Bonchev–Trinajstić information content (AvgIpc) is 2.43. The number of hydrogen-bond donors (Lipinski definition) is 1. The summed E-state index contributed by atoms with van der Waals surface area (Å²) in [6, 6.07) is 6.24. The zero-order valence-electron chi connectivity index (χ0n) is 11.1. The van der Waals surface area contributed by atoms with E-state index in [-0.39, 0.29) is 0 Å². The van der Waals surface area contributed by atoms with Crippen molar-refractivity contribution in [3.8, 4) is 5.75 Å². The number of hydrogen-bond acceptors (Lipinski definition) is 2. The molecule has 2 rings (SSSR count). The van der Waals surface area contributed by atoms with E-state index in [1.54, 1.807) is 0 Å². The summed E-state index contributed by atoms with van der Waals surface area (Å²) in [4.78, 5) is 4.57. The maximum atomic E-state index is 9.84. The molecule has 0 bridgehead atoms. The molecule has 1 saturated carbocycles. The second kappa shape index (κ2) is 9.82. The van der Waals surface area contributed by atoms with E-state index in [1.807, 2.05) is 31.3 Å². The summed E-state index contributed by atoms with van der Waals surface area (Å²) < 4.78 is 0. The molecule has 2 nitrogen and oxygen atoms in total. The average molecular weight is 336 g/mol. The Morgan fingerprint density at radius 1 is 1.26 bits per heavy atom. The van der Waals surface area contributed by atoms with Gasteiger partial charge in [-0.1, -0.05) is 31.4 Å². The molecule has 0 spiro atoms. The first-order chi connectivity index (χ1) is 9.19. The van der Waals surface area contributed by atoms with Crippen LogP contribution in [-0.4, -0.2) is 17.4 Å². The Morgan fingerprint density at radius 2 is 1.89 bits per heavy atom. The van der Waals surface area contributed by atoms with Gasteiger partial charge >= 0.3 is 35.6 Å². The standard InChI is InChI=1S/C14H19NO.2ClH.Ti/c1-11-6-5-7-12(14(11)16)10-15-13-8-3-2-4-9-13;;;/h5-7,10,13,16H,2-4,8-9H2,1H3;2*1H;/q;;;+2/p-2. The van der Waals surface area contributed by atoms with E-state index in [1.165, 1.54) is 32.1 Å². The van der Waals surface area contributed by atoms with E-state index in [0.29, 0.717) is 11.8 Å². The summed E-state index contributed by atoms with van der Waals surface area (Å²) in [5.74, 6) is 0.363. The number of aromatic hydroxyl groups is 1. The van der Waals surface area contributed by atoms with E-state index in [0.717, 1.165) is 11.1 Å². The molecule has 104 valence electrons. The Labute approximate surface area is 131 Å². The van der Waals surface area contributed by atoms with Crippen LogP contribution in [0.4, 0.5) is 0 Å². The Bertz CT molecular complexity index is 406. The molecule has 0 amide bonds. The molecule has 1 aromatic carbocycles. The number of para-hydroxylation sites is 1. The fourth-order valence-corrected chi connectivity index (χ4v) is 2.20. The fraction of sp³-hybridized carbons (Fsp3) is 0.500. The number of phenols is 1. The molecule has 19 heavy (non-hydrogen) atoms. The van der Waals surface area contributed by atoms with Crippen LogP contribution in [0.1, 0.15) is 43.2 Å². The molecule has 0 unspecified atom stereocenters. The van der Waals surface area contributed by atoms with Crippen molar-refractivity contribution >= 4 is 24.8 Å². The van der Waals surface area contributed by atoms with Crippen molar-refractivity contribution in [3.63, 3.8) is 0 Å². The summed E-state index contributed by atoms with van der Waals surface area (Å²) >= 11 is -0.556. The molecule has 1 N–H and O–H groups in total. The molecule has 0 saturated heterocycles. The van der Waals surface area contributed by atoms with Crippen molar-refractivity contribution in [2.75, 3.05) is 0 Å². The van der Waals surface area contributed by atoms with Gasteiger partial charge in [-0.3, -0.25) is 4.99 Å². The van der Waals surface area contributed by atoms with Crippen molar-refractivity contribution in [2.24, 2.45) is 4.99 Å². The van der Waals surface area contributed by atoms with Crippen LogP contribution < -0.4 is 0 Å². The van der Waals surface area contributed by atoms with Crippen LogP contribution in [0.3, 0.4) is 0 Å². The number of aliphatic imine (C=N–C) groups is 1. The summed E-state index contributed by atoms with van der Waals surface area (Å²) in [7, 11) is 9.78. The molecular formula is C14H19Cl2NOTi. The topological polar surface area (TPSA) is 32.6 Å². The molecule has 5 heteroatoms. The van der Waals surface area contributed by atoms with Crippen LogP contribution in [0, 0.1) is 6.92 Å². The number of aryl methyl sites for hydroxylation is 1. The van der Waals surface area contributed by atoms with E-state index in [4.69, 9.17) is 18.6 Å². The first-order valence-electron chi connectivity index (χ1n) is 6.47. The predicted octanol–water partition coefficient (Wildman–Crippen LogP) is 4.83. The van der Waals surface area contributed by atoms with E-state index < -0.39 is 17.0 Å². The van der Waals surface area contributed by atoms with Gasteiger partial charge in [-0.25, -0.2) is 0 Å². The van der Waals surface area contributed by atoms with Gasteiger partial charge in [0.1, 0.15) is 5.75 Å². The number of phenolic OH excluding ortho intramolecular Hbond substituents is 1. The monoisotopic (exact) mass is 335 g/mol. The SMILES string of the molecule is Cc1cccc(C=NC2CCCCC2)c1O.[Cl][Ti][Cl]. The molecule has 0 aliphatic heterocycles. The summed E-state index contributed by atoms with van der Waals surface area (Å²) in [6.45, 7) is 1.91. The minimum absolute atomic E-state index is 0.363. The molecular weight excluding hydrogens is 317 g/mol. The van der Waals surface area contributed by atoms with Crippen LogP contribution in [0.2, 0.25) is 0 Å². The van der Waals surface area contributed by atoms with Crippen LogP contribution in [0.25, 0.3) is 0 Å². The second-order valence-electron chi connectivity index (χ2n) is 4.65. The third-order valence-electron chi connectivity index (χ3n) is 3.27. The third-order valence-corrected chi connectivity index (χ3v) is 3.27. The van der Waals surface area contributed by atoms with Crippen molar-refractivity contribution < 1.29 is 22.1 Å². The molecule has 1 aromatic rings. The van der Waals surface area contributed by atoms with Gasteiger partial charge in [0.2, 0.25) is 0 Å². The fourth-order valence-electron chi connectivity index (χ4n) is 2.20. The molecule has 0 radical (unpaired) electrons. The van der Waals surface area contributed by atoms with Gasteiger partial charge in [0.15, 0.2) is 0 Å². The Balaban J connectivity index is 0.000000550. The Morgan fingerprint density at radius 3 is 2.53 bits per heavy atom. The Hall–Kier alpha value is -0.0157. The first-order valence-corrected chi connectivity index (χ1v) is 10.8. The molecule has 1 fully saturated rings. The van der Waals surface area contributed by atoms with Crippen molar-refractivity contribution in [1.29, 1.82) is 0 Å². The summed E-state index contributed by atoms with van der Waals surface area (Å²) in [6.07, 6.45) is 8.16. The number of benzene rings is 1. The minimum atomic E-state index is -0.556. The summed E-state index contributed by atoms with van der Waals surface area (Å²) in [5, 5.41) is 9.84. The Kier molecular flexibility index (Phi) is 8.81. The first kappa shape index (κ1) is 17.0. The quantitative estimate of drug-likeness (QED) is 0.609. The van der Waals surface area contributed by atoms with Gasteiger partial charge in [0.05, 0.1) is 0 Å². The molecule has 0 aromatic heterocycles. The van der Waals surface area contributed by atoms with Gasteiger partial charge in [-0.05, 0) is 31.4 Å². The number of nitrogens with zero attached hydrogens (tertiary/aromatic N) is 1. The van der Waals surface area contributed by atoms with Crippen molar-refractivity contribution in [3.05, 3.63) is 29.3 Å². The summed E-state index contributed by atoms with van der Waals surface area (Å²) in [5.41, 5.74) is 1.75. The van der Waals surface area contributed by atoms with Gasteiger partial charge in [-0.15, -0.1) is 0 Å². The van der Waals surface area contributed by atoms with E-state index in [9.17, 15) is 5.11 Å². The van der Waals surface area contributed by atoms with Gasteiger partial charge in [0.25, 0.3) is 0 Å². The molecule has 1 aliphatic carbocycles. The number of rotatable bonds is 2. The number of halogens is 2. The second-order valence-corrected chi connectivity index (χ2v) is 7.23. The van der Waals surface area contributed by atoms with Gasteiger partial charge in [-0.2, -0.15) is 0 Å². The molecule has 0 heterocycles. The zero-order valence-corrected chi connectivity index (χ0v) is 14.1. The van der Waals surface area contributed by atoms with Crippen LogP contribution >= 0.6 is 18.6 Å². The van der Waals surface area contributed by atoms with Gasteiger partial charge in [0, 0.05) is 17.8 Å². The van der Waals surface area contributed by atoms with E-state index >= 15 is 0 Å². The normalized spacial score (nSPS) is 15.9. The molecule has 0 atom stereocenters. The maximum absolute atomic E-state index is 9.84. The van der Waals surface area contributed by atoms with Crippen molar-refractivity contribution in [1.82, 2.24) is 0 Å². The van der Waals surface area contributed by atoms with Crippen LogP contribution in [0.15, 0.2) is 23.2 Å². The predicted molar refractivity (Wildman–Crippen MR) is 79.0 cm³/mol. The molecule has 1 aliphatic rings.